The molecule has 0 nitrogen and oxygen atoms in total. The summed E-state index contributed by atoms with van der Waals surface area (Å²) in [6.07, 6.45) is 2.56. The first-order chi connectivity index (χ1) is 3.68. The van der Waals surface area contributed by atoms with E-state index < -0.39 is 0 Å². The molecule has 0 aromatic rings. The molecule has 48 valence electrons. The Labute approximate surface area is 53.3 Å². The second-order valence-corrected chi connectivity index (χ2v) is 2.54. The normalized spacial score (nSPS) is 14.6. The van der Waals surface area contributed by atoms with E-state index in [0.717, 1.165) is 5.92 Å². The lowest BCUT2D eigenvalue weighted by Crippen LogP contribution is -2.00. The van der Waals surface area contributed by atoms with Gasteiger partial charge in [0.15, 0.2) is 0 Å². The van der Waals surface area contributed by atoms with E-state index in [1.165, 1.54) is 18.8 Å². The van der Waals surface area contributed by atoms with Crippen LogP contribution in [0.1, 0.15) is 33.6 Å². The van der Waals surface area contributed by atoms with Gasteiger partial charge in [-0.05, 0) is 18.8 Å². The van der Waals surface area contributed by atoms with Crippen LogP contribution in [0.5, 0.6) is 0 Å². The maximum atomic E-state index is 3.87. The molecular weight excluding hydrogens is 96.1 g/mol. The van der Waals surface area contributed by atoms with Crippen LogP contribution in [0.25, 0.3) is 0 Å². The zero-order valence-electron chi connectivity index (χ0n) is 6.20. The molecule has 0 saturated carbocycles. The fourth-order valence-corrected chi connectivity index (χ4v) is 0.679. The second-order valence-electron chi connectivity index (χ2n) is 2.54. The van der Waals surface area contributed by atoms with Crippen LogP contribution >= 0.6 is 0 Å². The summed E-state index contributed by atoms with van der Waals surface area (Å²) in [6, 6.07) is 0. The predicted octanol–water partition coefficient (Wildman–Crippen LogP) is 2.85. The highest BCUT2D eigenvalue weighted by atomic mass is 14.1. The van der Waals surface area contributed by atoms with E-state index in [1.54, 1.807) is 0 Å². The minimum absolute atomic E-state index is 0.722. The van der Waals surface area contributed by atoms with Gasteiger partial charge >= 0.3 is 0 Å². The van der Waals surface area contributed by atoms with Crippen LogP contribution in [-0.2, 0) is 0 Å². The third-order valence-electron chi connectivity index (χ3n) is 1.56. The van der Waals surface area contributed by atoms with Gasteiger partial charge in [-0.25, -0.2) is 0 Å². The van der Waals surface area contributed by atoms with E-state index in [2.05, 4.69) is 27.7 Å². The number of hydrogen-bond donors (Lipinski definition) is 0. The van der Waals surface area contributed by atoms with Crippen LogP contribution < -0.4 is 0 Å². The van der Waals surface area contributed by atoms with Gasteiger partial charge in [-0.2, -0.15) is 0 Å². The Morgan fingerprint density at radius 1 is 1.62 bits per heavy atom. The number of rotatable bonds is 3. The van der Waals surface area contributed by atoms with Crippen molar-refractivity contribution < 1.29 is 0 Å². The molecule has 0 aromatic heterocycles. The fraction of sp³-hybridized carbons (Fsp3) is 0.750. The molecule has 0 amide bonds. The minimum atomic E-state index is 0.722. The van der Waals surface area contributed by atoms with Gasteiger partial charge in [-0.3, -0.25) is 0 Å². The summed E-state index contributed by atoms with van der Waals surface area (Å²) in [5.74, 6) is 2.03. The summed E-state index contributed by atoms with van der Waals surface area (Å²) < 4.78 is 0. The molecule has 2 radical (unpaired) electrons. The highest BCUT2D eigenvalue weighted by Gasteiger charge is 2.04. The van der Waals surface area contributed by atoms with Crippen molar-refractivity contribution in [2.45, 2.75) is 33.6 Å². The Hall–Kier alpha value is 0. The van der Waals surface area contributed by atoms with E-state index in [1.807, 2.05) is 0 Å². The molecule has 0 spiro atoms. The molecule has 8 heavy (non-hydrogen) atoms. The topological polar surface area (TPSA) is 0 Å². The summed E-state index contributed by atoms with van der Waals surface area (Å²) >= 11 is 0. The zero-order valence-corrected chi connectivity index (χ0v) is 6.20. The van der Waals surface area contributed by atoms with Crippen molar-refractivity contribution in [3.05, 3.63) is 12.8 Å². The predicted molar refractivity (Wildman–Crippen MR) is 38.3 cm³/mol. The first-order valence-corrected chi connectivity index (χ1v) is 3.33. The molecule has 0 aliphatic carbocycles. The van der Waals surface area contributed by atoms with E-state index >= 15 is 0 Å². The van der Waals surface area contributed by atoms with Crippen LogP contribution in [0.4, 0.5) is 0 Å². The van der Waals surface area contributed by atoms with Crippen molar-refractivity contribution in [2.24, 2.45) is 5.92 Å². The van der Waals surface area contributed by atoms with Crippen molar-refractivity contribution in [3.63, 3.8) is 0 Å². The first kappa shape index (κ1) is 8.00. The Morgan fingerprint density at radius 2 is 2.12 bits per heavy atom. The van der Waals surface area contributed by atoms with Crippen molar-refractivity contribution >= 4 is 0 Å². The third-order valence-corrected chi connectivity index (χ3v) is 1.56. The average molecular weight is 112 g/mol. The lowest BCUT2D eigenvalue weighted by Gasteiger charge is -2.11. The monoisotopic (exact) mass is 112 g/mol. The standard InChI is InChI=1S/C8H16/c1-5-6-8(4)7(2)3/h8H,2,5-6H2,1,3-4H3. The van der Waals surface area contributed by atoms with Crippen LogP contribution in [-0.4, -0.2) is 0 Å². The third kappa shape index (κ3) is 3.06. The molecular formula is C8H16. The maximum absolute atomic E-state index is 3.87. The van der Waals surface area contributed by atoms with Crippen LogP contribution in [0.15, 0.2) is 0 Å². The summed E-state index contributed by atoms with van der Waals surface area (Å²) in [5, 5.41) is 0. The van der Waals surface area contributed by atoms with Crippen LogP contribution in [0.2, 0.25) is 0 Å². The first-order valence-electron chi connectivity index (χ1n) is 3.33. The Morgan fingerprint density at radius 3 is 2.25 bits per heavy atom. The second kappa shape index (κ2) is 3.94. The van der Waals surface area contributed by atoms with Crippen molar-refractivity contribution in [3.8, 4) is 0 Å². The molecule has 0 aliphatic rings. The van der Waals surface area contributed by atoms with Gasteiger partial charge < -0.3 is 0 Å². The van der Waals surface area contributed by atoms with Gasteiger partial charge in [0.2, 0.25) is 0 Å². The van der Waals surface area contributed by atoms with Gasteiger partial charge in [-0.1, -0.05) is 33.6 Å². The summed E-state index contributed by atoms with van der Waals surface area (Å²) in [7, 11) is 0. The molecule has 0 N–H and O–H groups in total. The van der Waals surface area contributed by atoms with Crippen molar-refractivity contribution in [1.82, 2.24) is 0 Å². The highest BCUT2D eigenvalue weighted by Crippen LogP contribution is 2.16. The summed E-state index contributed by atoms with van der Waals surface area (Å²) in [5.41, 5.74) is 0. The molecule has 0 aliphatic heterocycles. The molecule has 0 bridgehead atoms. The Bertz CT molecular complexity index is 46.0. The van der Waals surface area contributed by atoms with Gasteiger partial charge in [0, 0.05) is 0 Å². The van der Waals surface area contributed by atoms with Gasteiger partial charge in [0.25, 0.3) is 0 Å². The number of hydrogen-bond acceptors (Lipinski definition) is 0. The van der Waals surface area contributed by atoms with Crippen LogP contribution in [0, 0.1) is 18.8 Å². The quantitative estimate of drug-likeness (QED) is 0.526. The molecule has 0 aromatic carbocycles. The van der Waals surface area contributed by atoms with Crippen LogP contribution in [0.3, 0.4) is 0 Å². The van der Waals surface area contributed by atoms with Gasteiger partial charge in [0.1, 0.15) is 0 Å². The van der Waals surface area contributed by atoms with Gasteiger partial charge in [-0.15, -0.1) is 0 Å². The van der Waals surface area contributed by atoms with E-state index in [9.17, 15) is 0 Å². The summed E-state index contributed by atoms with van der Waals surface area (Å²) in [6.45, 7) is 10.4. The zero-order chi connectivity index (χ0) is 6.57. The highest BCUT2D eigenvalue weighted by molar-refractivity contribution is 4.91. The molecule has 0 saturated heterocycles. The fourth-order valence-electron chi connectivity index (χ4n) is 0.679. The average Bonchev–Trinajstić information content (AvgIpc) is 1.67. The SMILES string of the molecule is [CH2][C](C)C(C)CCC. The molecule has 1 unspecified atom stereocenters. The van der Waals surface area contributed by atoms with Crippen molar-refractivity contribution in [1.29, 1.82) is 0 Å². The Kier molecular flexibility index (Phi) is 3.94. The van der Waals surface area contributed by atoms with E-state index in [4.69, 9.17) is 0 Å². The molecule has 1 atom stereocenters. The minimum Gasteiger partial charge on any atom is -0.0654 e. The molecule has 0 heteroatoms. The summed E-state index contributed by atoms with van der Waals surface area (Å²) in [4.78, 5) is 0. The van der Waals surface area contributed by atoms with Crippen molar-refractivity contribution in [2.75, 3.05) is 0 Å². The van der Waals surface area contributed by atoms with E-state index in [-0.39, 0.29) is 0 Å². The molecule has 0 fully saturated rings. The van der Waals surface area contributed by atoms with E-state index in [0.29, 0.717) is 0 Å². The smallest absolute Gasteiger partial charge is 0.0244 e. The van der Waals surface area contributed by atoms with Gasteiger partial charge in [0.05, 0.1) is 0 Å². The lowest BCUT2D eigenvalue weighted by atomic mass is 9.94. The Balaban J connectivity index is 3.17. The molecule has 0 rings (SSSR count). The largest absolute Gasteiger partial charge is 0.0654 e. The lowest BCUT2D eigenvalue weighted by molar-refractivity contribution is 0.560. The maximum Gasteiger partial charge on any atom is -0.0244 e. The molecule has 0 heterocycles.